The van der Waals surface area contributed by atoms with Gasteiger partial charge in [-0.2, -0.15) is 0 Å². The van der Waals surface area contributed by atoms with Gasteiger partial charge in [0, 0.05) is 13.6 Å². The minimum absolute atomic E-state index is 0.000925. The molecule has 2 rings (SSSR count). The van der Waals surface area contributed by atoms with Gasteiger partial charge in [-0.3, -0.25) is 4.79 Å². The van der Waals surface area contributed by atoms with E-state index in [1.54, 1.807) is 19.1 Å². The second kappa shape index (κ2) is 4.98. The van der Waals surface area contributed by atoms with Crippen molar-refractivity contribution < 1.29 is 14.6 Å². The van der Waals surface area contributed by atoms with Crippen LogP contribution in [0.1, 0.15) is 18.4 Å². The molecular formula is C14H19NO3. The number of rotatable bonds is 5. The van der Waals surface area contributed by atoms with Crippen molar-refractivity contribution in [2.24, 2.45) is 0 Å². The van der Waals surface area contributed by atoms with Gasteiger partial charge in [0.2, 0.25) is 5.91 Å². The largest absolute Gasteiger partial charge is 0.497 e. The summed E-state index contributed by atoms with van der Waals surface area (Å²) in [6.45, 7) is 0.387. The van der Waals surface area contributed by atoms with Gasteiger partial charge in [-0.05, 0) is 30.5 Å². The Hall–Kier alpha value is -1.55. The van der Waals surface area contributed by atoms with Crippen molar-refractivity contribution in [2.75, 3.05) is 27.3 Å². The van der Waals surface area contributed by atoms with Gasteiger partial charge in [0.05, 0.1) is 19.1 Å². The summed E-state index contributed by atoms with van der Waals surface area (Å²) in [6.07, 6.45) is 1.77. The van der Waals surface area contributed by atoms with Crippen LogP contribution in [0.5, 0.6) is 5.75 Å². The van der Waals surface area contributed by atoms with Crippen LogP contribution in [0, 0.1) is 0 Å². The van der Waals surface area contributed by atoms with Crippen molar-refractivity contribution in [1.82, 2.24) is 4.90 Å². The maximum Gasteiger partial charge on any atom is 0.233 e. The summed E-state index contributed by atoms with van der Waals surface area (Å²) >= 11 is 0. The maximum absolute atomic E-state index is 12.4. The molecule has 98 valence electrons. The molecule has 1 aromatic rings. The topological polar surface area (TPSA) is 49.8 Å². The molecule has 0 spiro atoms. The zero-order valence-electron chi connectivity index (χ0n) is 10.8. The normalized spacial score (nSPS) is 16.2. The number of carbonyl (C=O) groups excluding carboxylic acids is 1. The van der Waals surface area contributed by atoms with Gasteiger partial charge in [-0.1, -0.05) is 12.1 Å². The predicted octanol–water partition coefficient (Wildman–Crippen LogP) is 1.18. The van der Waals surface area contributed by atoms with E-state index in [1.807, 2.05) is 24.3 Å². The zero-order valence-corrected chi connectivity index (χ0v) is 10.8. The molecule has 0 aliphatic heterocycles. The average molecular weight is 249 g/mol. The molecule has 1 aliphatic rings. The molecule has 1 amide bonds. The van der Waals surface area contributed by atoms with Gasteiger partial charge in [-0.25, -0.2) is 0 Å². The van der Waals surface area contributed by atoms with E-state index in [0.717, 1.165) is 24.2 Å². The van der Waals surface area contributed by atoms with Crippen LogP contribution in [0.25, 0.3) is 0 Å². The number of likely N-dealkylation sites (N-methyl/N-ethyl adjacent to an activating group) is 1. The number of hydrogen-bond donors (Lipinski definition) is 1. The lowest BCUT2D eigenvalue weighted by Crippen LogP contribution is -2.38. The van der Waals surface area contributed by atoms with Crippen molar-refractivity contribution >= 4 is 5.91 Å². The predicted molar refractivity (Wildman–Crippen MR) is 68.6 cm³/mol. The summed E-state index contributed by atoms with van der Waals surface area (Å²) in [7, 11) is 3.37. The minimum Gasteiger partial charge on any atom is -0.497 e. The van der Waals surface area contributed by atoms with Crippen molar-refractivity contribution in [3.63, 3.8) is 0 Å². The van der Waals surface area contributed by atoms with Gasteiger partial charge in [-0.15, -0.1) is 0 Å². The van der Waals surface area contributed by atoms with Crippen molar-refractivity contribution in [2.45, 2.75) is 18.3 Å². The second-order valence-electron chi connectivity index (χ2n) is 4.76. The summed E-state index contributed by atoms with van der Waals surface area (Å²) < 4.78 is 5.12. The Morgan fingerprint density at radius 3 is 2.44 bits per heavy atom. The lowest BCUT2D eigenvalue weighted by molar-refractivity contribution is -0.133. The Balaban J connectivity index is 2.17. The van der Waals surface area contributed by atoms with Gasteiger partial charge < -0.3 is 14.7 Å². The van der Waals surface area contributed by atoms with Gasteiger partial charge in [0.25, 0.3) is 0 Å². The van der Waals surface area contributed by atoms with E-state index in [0.29, 0.717) is 6.54 Å². The molecule has 0 aromatic heterocycles. The van der Waals surface area contributed by atoms with E-state index in [4.69, 9.17) is 9.84 Å². The first-order chi connectivity index (χ1) is 8.64. The van der Waals surface area contributed by atoms with E-state index in [9.17, 15) is 4.79 Å². The highest BCUT2D eigenvalue weighted by Crippen LogP contribution is 2.49. The molecule has 18 heavy (non-hydrogen) atoms. The summed E-state index contributed by atoms with van der Waals surface area (Å²) in [4.78, 5) is 14.0. The van der Waals surface area contributed by atoms with Crippen LogP contribution in [0.2, 0.25) is 0 Å². The lowest BCUT2D eigenvalue weighted by Gasteiger charge is -2.23. The van der Waals surface area contributed by atoms with E-state index < -0.39 is 0 Å². The fraction of sp³-hybridized carbons (Fsp3) is 0.500. The number of aliphatic hydroxyl groups is 1. The van der Waals surface area contributed by atoms with E-state index in [-0.39, 0.29) is 17.9 Å². The standard InChI is InChI=1S/C14H19NO3/c1-15(9-10-16)13(17)14(7-8-14)11-3-5-12(18-2)6-4-11/h3-6,16H,7-10H2,1-2H3. The number of aliphatic hydroxyl groups excluding tert-OH is 1. The quantitative estimate of drug-likeness (QED) is 0.852. The molecule has 1 N–H and O–H groups in total. The number of methoxy groups -OCH3 is 1. The van der Waals surface area contributed by atoms with Crippen LogP contribution in [0.15, 0.2) is 24.3 Å². The van der Waals surface area contributed by atoms with E-state index >= 15 is 0 Å². The SMILES string of the molecule is COc1ccc(C2(C(=O)N(C)CCO)CC2)cc1. The Bertz CT molecular complexity index is 423. The van der Waals surface area contributed by atoms with Crippen LogP contribution < -0.4 is 4.74 Å². The highest BCUT2D eigenvalue weighted by Gasteiger charge is 2.52. The molecule has 1 aliphatic carbocycles. The van der Waals surface area contributed by atoms with E-state index in [1.165, 1.54) is 0 Å². The van der Waals surface area contributed by atoms with Crippen LogP contribution >= 0.6 is 0 Å². The number of hydrogen-bond acceptors (Lipinski definition) is 3. The molecule has 0 saturated heterocycles. The fourth-order valence-electron chi connectivity index (χ4n) is 2.28. The minimum atomic E-state index is -0.365. The molecule has 1 saturated carbocycles. The highest BCUT2D eigenvalue weighted by molar-refractivity contribution is 5.91. The van der Waals surface area contributed by atoms with Crippen molar-refractivity contribution in [3.05, 3.63) is 29.8 Å². The molecule has 1 fully saturated rings. The Morgan fingerprint density at radius 2 is 2.00 bits per heavy atom. The number of ether oxygens (including phenoxy) is 1. The second-order valence-corrected chi connectivity index (χ2v) is 4.76. The van der Waals surface area contributed by atoms with Gasteiger partial charge >= 0.3 is 0 Å². The molecule has 0 heterocycles. The third kappa shape index (κ3) is 2.20. The monoisotopic (exact) mass is 249 g/mol. The van der Waals surface area contributed by atoms with Crippen molar-refractivity contribution in [1.29, 1.82) is 0 Å². The Kier molecular flexibility index (Phi) is 3.57. The Labute approximate surface area is 107 Å². The summed E-state index contributed by atoms with van der Waals surface area (Å²) in [6, 6.07) is 7.68. The summed E-state index contributed by atoms with van der Waals surface area (Å²) in [5.74, 6) is 0.896. The molecule has 4 heteroatoms. The average Bonchev–Trinajstić information content (AvgIpc) is 3.20. The first kappa shape index (κ1) is 12.9. The molecule has 0 atom stereocenters. The fourth-order valence-corrected chi connectivity index (χ4v) is 2.28. The van der Waals surface area contributed by atoms with Crippen LogP contribution in [-0.2, 0) is 10.2 Å². The summed E-state index contributed by atoms with van der Waals surface area (Å²) in [5.41, 5.74) is 0.675. The zero-order chi connectivity index (χ0) is 13.2. The first-order valence-electron chi connectivity index (χ1n) is 6.15. The van der Waals surface area contributed by atoms with Crippen molar-refractivity contribution in [3.8, 4) is 5.75 Å². The Morgan fingerprint density at radius 1 is 1.39 bits per heavy atom. The summed E-state index contributed by atoms with van der Waals surface area (Å²) in [5, 5.41) is 8.90. The van der Waals surface area contributed by atoms with Gasteiger partial charge in [0.15, 0.2) is 0 Å². The van der Waals surface area contributed by atoms with Crippen LogP contribution in [-0.4, -0.2) is 43.2 Å². The molecule has 1 aromatic carbocycles. The number of amides is 1. The molecular weight excluding hydrogens is 230 g/mol. The third-order valence-corrected chi connectivity index (χ3v) is 3.58. The van der Waals surface area contributed by atoms with E-state index in [2.05, 4.69) is 0 Å². The number of nitrogens with zero attached hydrogens (tertiary/aromatic N) is 1. The highest BCUT2D eigenvalue weighted by atomic mass is 16.5. The molecule has 0 bridgehead atoms. The molecule has 0 unspecified atom stereocenters. The van der Waals surface area contributed by atoms with Gasteiger partial charge in [0.1, 0.15) is 5.75 Å². The first-order valence-corrected chi connectivity index (χ1v) is 6.15. The molecule has 0 radical (unpaired) electrons. The van der Waals surface area contributed by atoms with Crippen LogP contribution in [0.4, 0.5) is 0 Å². The lowest BCUT2D eigenvalue weighted by atomic mass is 9.94. The maximum atomic E-state index is 12.4. The smallest absolute Gasteiger partial charge is 0.233 e. The molecule has 4 nitrogen and oxygen atoms in total. The number of benzene rings is 1. The third-order valence-electron chi connectivity index (χ3n) is 3.58. The number of carbonyl (C=O) groups is 1. The van der Waals surface area contributed by atoms with Crippen LogP contribution in [0.3, 0.4) is 0 Å².